The Hall–Kier alpha value is -0.430. The molecule has 1 unspecified atom stereocenters. The first-order valence-electron chi connectivity index (χ1n) is 5.76. The van der Waals surface area contributed by atoms with Crippen molar-refractivity contribution in [2.75, 3.05) is 20.1 Å². The van der Waals surface area contributed by atoms with Gasteiger partial charge in [-0.1, -0.05) is 6.92 Å². The lowest BCUT2D eigenvalue weighted by Crippen LogP contribution is -2.28. The van der Waals surface area contributed by atoms with Crippen LogP contribution in [0.5, 0.6) is 0 Å². The van der Waals surface area contributed by atoms with Crippen molar-refractivity contribution >= 4 is 21.4 Å². The van der Waals surface area contributed by atoms with Gasteiger partial charge in [0.1, 0.15) is 4.21 Å². The molecule has 0 amide bonds. The first kappa shape index (κ1) is 13.0. The molecule has 6 heteroatoms. The van der Waals surface area contributed by atoms with Crippen molar-refractivity contribution < 1.29 is 8.42 Å². The van der Waals surface area contributed by atoms with E-state index in [1.165, 1.54) is 11.3 Å². The van der Waals surface area contributed by atoms with Crippen LogP contribution in [0.25, 0.3) is 0 Å². The van der Waals surface area contributed by atoms with E-state index in [4.69, 9.17) is 0 Å². The molecule has 1 aliphatic heterocycles. The quantitative estimate of drug-likeness (QED) is 0.905. The second-order valence-corrected chi connectivity index (χ2v) is 7.64. The minimum atomic E-state index is -3.25. The lowest BCUT2D eigenvalue weighted by molar-refractivity contribution is 0.466. The van der Waals surface area contributed by atoms with Gasteiger partial charge in [-0.2, -0.15) is 4.31 Å². The lowest BCUT2D eigenvalue weighted by Gasteiger charge is -2.14. The molecule has 0 aliphatic carbocycles. The smallest absolute Gasteiger partial charge is 0.252 e. The molecule has 0 aromatic carbocycles. The third-order valence-corrected chi connectivity index (χ3v) is 6.32. The molecule has 1 aliphatic rings. The number of hydrogen-bond acceptors (Lipinski definition) is 4. The fraction of sp³-hybridized carbons (Fsp3) is 0.636. The van der Waals surface area contributed by atoms with E-state index in [9.17, 15) is 8.42 Å². The van der Waals surface area contributed by atoms with Crippen LogP contribution in [0.15, 0.2) is 15.7 Å². The van der Waals surface area contributed by atoms with E-state index < -0.39 is 10.0 Å². The summed E-state index contributed by atoms with van der Waals surface area (Å²) in [6.45, 7) is 4.11. The summed E-state index contributed by atoms with van der Waals surface area (Å²) in [5, 5.41) is 4.93. The average molecular weight is 274 g/mol. The summed E-state index contributed by atoms with van der Waals surface area (Å²) < 4.78 is 26.7. The van der Waals surface area contributed by atoms with Crippen LogP contribution in [0.1, 0.15) is 18.9 Å². The van der Waals surface area contributed by atoms with E-state index in [1.807, 2.05) is 12.4 Å². The Morgan fingerprint density at radius 1 is 1.59 bits per heavy atom. The van der Waals surface area contributed by atoms with Gasteiger partial charge in [-0.3, -0.25) is 0 Å². The van der Waals surface area contributed by atoms with Crippen LogP contribution >= 0.6 is 11.3 Å². The molecule has 1 fully saturated rings. The van der Waals surface area contributed by atoms with Crippen molar-refractivity contribution in [3.05, 3.63) is 17.0 Å². The third kappa shape index (κ3) is 2.70. The molecular weight excluding hydrogens is 256 g/mol. The maximum Gasteiger partial charge on any atom is 0.252 e. The molecule has 96 valence electrons. The average Bonchev–Trinajstić information content (AvgIpc) is 2.88. The van der Waals surface area contributed by atoms with E-state index in [1.54, 1.807) is 10.4 Å². The van der Waals surface area contributed by atoms with Gasteiger partial charge in [0.05, 0.1) is 0 Å². The summed E-state index contributed by atoms with van der Waals surface area (Å²) in [5.74, 6) is 0.474. The van der Waals surface area contributed by atoms with Crippen LogP contribution < -0.4 is 5.32 Å². The molecule has 1 atom stereocenters. The van der Waals surface area contributed by atoms with Gasteiger partial charge in [0.2, 0.25) is 0 Å². The van der Waals surface area contributed by atoms with Gasteiger partial charge >= 0.3 is 0 Å². The molecule has 1 N–H and O–H groups in total. The van der Waals surface area contributed by atoms with E-state index in [2.05, 4.69) is 12.2 Å². The summed E-state index contributed by atoms with van der Waals surface area (Å²) in [5.41, 5.74) is 1.03. The summed E-state index contributed by atoms with van der Waals surface area (Å²) in [6, 6.07) is 1.78. The molecule has 2 heterocycles. The monoisotopic (exact) mass is 274 g/mol. The van der Waals surface area contributed by atoms with Gasteiger partial charge in [-0.05, 0) is 36.4 Å². The Morgan fingerprint density at radius 2 is 2.35 bits per heavy atom. The molecule has 0 spiro atoms. The second-order valence-electron chi connectivity index (χ2n) is 4.56. The minimum Gasteiger partial charge on any atom is -0.316 e. The van der Waals surface area contributed by atoms with Crippen LogP contribution in [-0.2, 0) is 16.6 Å². The van der Waals surface area contributed by atoms with Crippen molar-refractivity contribution in [1.82, 2.24) is 9.62 Å². The van der Waals surface area contributed by atoms with Crippen LogP contribution in [0.3, 0.4) is 0 Å². The van der Waals surface area contributed by atoms with E-state index >= 15 is 0 Å². The van der Waals surface area contributed by atoms with Gasteiger partial charge < -0.3 is 5.32 Å². The summed E-state index contributed by atoms with van der Waals surface area (Å²) in [7, 11) is -1.39. The topological polar surface area (TPSA) is 49.4 Å². The van der Waals surface area contributed by atoms with Crippen molar-refractivity contribution in [3.63, 3.8) is 0 Å². The van der Waals surface area contributed by atoms with Crippen LogP contribution in [0.4, 0.5) is 0 Å². The Morgan fingerprint density at radius 3 is 2.94 bits per heavy atom. The molecule has 0 bridgehead atoms. The number of sulfonamides is 1. The fourth-order valence-corrected chi connectivity index (χ4v) is 4.96. The maximum atomic E-state index is 12.3. The Labute approximate surface area is 107 Å². The largest absolute Gasteiger partial charge is 0.316 e. The van der Waals surface area contributed by atoms with E-state index in [0.29, 0.717) is 29.8 Å². The third-order valence-electron chi connectivity index (χ3n) is 2.99. The highest BCUT2D eigenvalue weighted by Gasteiger charge is 2.31. The first-order chi connectivity index (χ1) is 8.04. The summed E-state index contributed by atoms with van der Waals surface area (Å²) in [4.78, 5) is 0. The maximum absolute atomic E-state index is 12.3. The number of rotatable bonds is 4. The van der Waals surface area contributed by atoms with Gasteiger partial charge in [-0.15, -0.1) is 11.3 Å². The van der Waals surface area contributed by atoms with Crippen molar-refractivity contribution in [1.29, 1.82) is 0 Å². The highest BCUT2D eigenvalue weighted by Crippen LogP contribution is 2.28. The Balaban J connectivity index is 2.19. The fourth-order valence-electron chi connectivity index (χ4n) is 2.03. The molecule has 4 nitrogen and oxygen atoms in total. The SMILES string of the molecule is CNCc1csc(S(=O)(=O)N2CCC(C)C2)c1. The normalized spacial score (nSPS) is 22.1. The zero-order chi connectivity index (χ0) is 12.5. The number of thiophene rings is 1. The van der Waals surface area contributed by atoms with Gasteiger partial charge in [-0.25, -0.2) is 8.42 Å². The Bertz CT molecular complexity index is 481. The lowest BCUT2D eigenvalue weighted by atomic mass is 10.2. The number of nitrogens with zero attached hydrogens (tertiary/aromatic N) is 1. The molecular formula is C11H18N2O2S2. The highest BCUT2D eigenvalue weighted by molar-refractivity contribution is 7.91. The summed E-state index contributed by atoms with van der Waals surface area (Å²) in [6.07, 6.45) is 0.966. The zero-order valence-electron chi connectivity index (χ0n) is 10.1. The molecule has 0 radical (unpaired) electrons. The molecule has 1 saturated heterocycles. The second kappa shape index (κ2) is 5.06. The van der Waals surface area contributed by atoms with Crippen LogP contribution in [0, 0.1) is 5.92 Å². The molecule has 1 aromatic heterocycles. The minimum absolute atomic E-state index is 0.469. The predicted molar refractivity (Wildman–Crippen MR) is 69.6 cm³/mol. The van der Waals surface area contributed by atoms with E-state index in [0.717, 1.165) is 12.0 Å². The highest BCUT2D eigenvalue weighted by atomic mass is 32.2. The van der Waals surface area contributed by atoms with E-state index in [-0.39, 0.29) is 0 Å². The van der Waals surface area contributed by atoms with Gasteiger partial charge in [0.25, 0.3) is 10.0 Å². The number of hydrogen-bond donors (Lipinski definition) is 1. The van der Waals surface area contributed by atoms with Crippen molar-refractivity contribution in [3.8, 4) is 0 Å². The molecule has 1 aromatic rings. The standard InChI is InChI=1S/C11H18N2O2S2/c1-9-3-4-13(7-9)17(14,15)11-5-10(6-12-2)8-16-11/h5,8-9,12H,3-4,6-7H2,1-2H3. The van der Waals surface area contributed by atoms with Gasteiger partial charge in [0.15, 0.2) is 0 Å². The van der Waals surface area contributed by atoms with Crippen LogP contribution in [0.2, 0.25) is 0 Å². The predicted octanol–water partition coefficient (Wildman–Crippen LogP) is 1.50. The van der Waals surface area contributed by atoms with Crippen molar-refractivity contribution in [2.45, 2.75) is 24.1 Å². The molecule has 0 saturated carbocycles. The molecule has 17 heavy (non-hydrogen) atoms. The van der Waals surface area contributed by atoms with Gasteiger partial charge in [0, 0.05) is 19.6 Å². The van der Waals surface area contributed by atoms with Crippen molar-refractivity contribution in [2.24, 2.45) is 5.92 Å². The Kier molecular flexibility index (Phi) is 3.87. The zero-order valence-corrected chi connectivity index (χ0v) is 11.8. The summed E-state index contributed by atoms with van der Waals surface area (Å²) >= 11 is 1.31. The first-order valence-corrected chi connectivity index (χ1v) is 8.08. The molecule has 2 rings (SSSR count). The van der Waals surface area contributed by atoms with Crippen LogP contribution in [-0.4, -0.2) is 32.9 Å². The number of nitrogens with one attached hydrogen (secondary N) is 1.